The van der Waals surface area contributed by atoms with E-state index >= 15 is 0 Å². The van der Waals surface area contributed by atoms with Crippen LogP contribution < -0.4 is 0 Å². The van der Waals surface area contributed by atoms with Gasteiger partial charge < -0.3 is 9.47 Å². The third-order valence-electron chi connectivity index (χ3n) is 4.96. The van der Waals surface area contributed by atoms with Crippen LogP contribution in [0.3, 0.4) is 0 Å². The quantitative estimate of drug-likeness (QED) is 0.680. The van der Waals surface area contributed by atoms with E-state index < -0.39 is 0 Å². The summed E-state index contributed by atoms with van der Waals surface area (Å²) in [5.74, 6) is 1.48. The molecule has 1 saturated heterocycles. The zero-order chi connectivity index (χ0) is 17.9. The largest absolute Gasteiger partial charge is 0.357 e. The van der Waals surface area contributed by atoms with Gasteiger partial charge in [-0.05, 0) is 48.6 Å². The summed E-state index contributed by atoms with van der Waals surface area (Å²) in [7, 11) is 1.97. The lowest BCUT2D eigenvalue weighted by atomic mass is 9.94. The zero-order valence-electron chi connectivity index (χ0n) is 15.0. The van der Waals surface area contributed by atoms with Crippen molar-refractivity contribution in [2.24, 2.45) is 13.0 Å². The normalized spacial score (nSPS) is 18.0. The average Bonchev–Trinajstić information content (AvgIpc) is 3.26. The molecule has 1 aliphatic rings. The maximum absolute atomic E-state index is 12.5. The number of carbonyl (C=O) groups is 1. The van der Waals surface area contributed by atoms with Crippen LogP contribution in [0.15, 0.2) is 48.9 Å². The monoisotopic (exact) mass is 349 g/mol. The van der Waals surface area contributed by atoms with E-state index in [9.17, 15) is 4.79 Å². The van der Waals surface area contributed by atoms with Crippen molar-refractivity contribution in [2.45, 2.75) is 19.3 Å². The Bertz CT molecular complexity index is 938. The van der Waals surface area contributed by atoms with Crippen molar-refractivity contribution in [3.8, 4) is 0 Å². The van der Waals surface area contributed by atoms with Gasteiger partial charge in [0.2, 0.25) is 5.91 Å². The fourth-order valence-electron chi connectivity index (χ4n) is 3.62. The number of nitrogens with zero attached hydrogens (tertiary/aromatic N) is 5. The fourth-order valence-corrected chi connectivity index (χ4v) is 3.62. The first-order valence-electron chi connectivity index (χ1n) is 9.06. The number of hydrogen-bond acceptors (Lipinski definition) is 3. The Balaban J connectivity index is 1.40. The summed E-state index contributed by atoms with van der Waals surface area (Å²) in [4.78, 5) is 14.5. The van der Waals surface area contributed by atoms with Crippen LogP contribution in [0.1, 0.15) is 24.2 Å². The van der Waals surface area contributed by atoms with Gasteiger partial charge in [-0.25, -0.2) is 0 Å². The van der Waals surface area contributed by atoms with Crippen LogP contribution >= 0.6 is 0 Å². The minimum Gasteiger partial charge on any atom is -0.357 e. The molecule has 134 valence electrons. The molecule has 4 rings (SSSR count). The second kappa shape index (κ2) is 7.15. The van der Waals surface area contributed by atoms with E-state index in [2.05, 4.69) is 10.2 Å². The lowest BCUT2D eigenvalue weighted by Gasteiger charge is -2.31. The zero-order valence-corrected chi connectivity index (χ0v) is 15.0. The Morgan fingerprint density at radius 2 is 2.19 bits per heavy atom. The van der Waals surface area contributed by atoms with Crippen molar-refractivity contribution >= 4 is 17.6 Å². The smallest absolute Gasteiger partial charge is 0.246 e. The van der Waals surface area contributed by atoms with Crippen LogP contribution in [0.2, 0.25) is 0 Å². The van der Waals surface area contributed by atoms with Gasteiger partial charge in [0, 0.05) is 51.2 Å². The van der Waals surface area contributed by atoms with Crippen molar-refractivity contribution in [3.05, 3.63) is 60.3 Å². The van der Waals surface area contributed by atoms with Gasteiger partial charge in [-0.3, -0.25) is 9.20 Å². The first-order chi connectivity index (χ1) is 12.7. The minimum absolute atomic E-state index is 0.0876. The molecule has 1 amide bonds. The highest BCUT2D eigenvalue weighted by Gasteiger charge is 2.24. The van der Waals surface area contributed by atoms with Gasteiger partial charge in [0.05, 0.1) is 0 Å². The summed E-state index contributed by atoms with van der Waals surface area (Å²) in [5, 5.41) is 8.55. The Kier molecular flexibility index (Phi) is 4.56. The molecule has 4 heterocycles. The molecule has 26 heavy (non-hydrogen) atoms. The van der Waals surface area contributed by atoms with Gasteiger partial charge in [-0.1, -0.05) is 6.07 Å². The van der Waals surface area contributed by atoms with E-state index in [1.807, 2.05) is 69.8 Å². The average molecular weight is 349 g/mol. The molecule has 3 aromatic heterocycles. The number of amides is 1. The number of likely N-dealkylation sites (tertiary alicyclic amines) is 1. The van der Waals surface area contributed by atoms with Gasteiger partial charge in [-0.15, -0.1) is 10.2 Å². The molecular formula is C20H23N5O. The summed E-state index contributed by atoms with van der Waals surface area (Å²) in [6.07, 6.45) is 12.5. The molecule has 6 heteroatoms. The number of hydrogen-bond donors (Lipinski definition) is 0. The van der Waals surface area contributed by atoms with Gasteiger partial charge >= 0.3 is 0 Å². The molecule has 0 saturated carbocycles. The summed E-state index contributed by atoms with van der Waals surface area (Å²) in [6.45, 7) is 1.61. The van der Waals surface area contributed by atoms with Gasteiger partial charge in [0.1, 0.15) is 5.82 Å². The predicted octanol–water partition coefficient (Wildman–Crippen LogP) is 2.56. The summed E-state index contributed by atoms with van der Waals surface area (Å²) < 4.78 is 4.01. The van der Waals surface area contributed by atoms with E-state index in [1.165, 1.54) is 0 Å². The van der Waals surface area contributed by atoms with E-state index in [-0.39, 0.29) is 5.91 Å². The van der Waals surface area contributed by atoms with Crippen LogP contribution in [-0.2, 0) is 18.3 Å². The SMILES string of the molecule is Cn1ccc(/C=C/C(=O)N2CCCC(Cc3nnc4ccccn34)C2)c1. The third kappa shape index (κ3) is 3.54. The lowest BCUT2D eigenvalue weighted by molar-refractivity contribution is -0.127. The molecule has 6 nitrogen and oxygen atoms in total. The summed E-state index contributed by atoms with van der Waals surface area (Å²) >= 11 is 0. The molecule has 0 N–H and O–H groups in total. The number of pyridine rings is 1. The second-order valence-corrected chi connectivity index (χ2v) is 6.99. The van der Waals surface area contributed by atoms with Crippen molar-refractivity contribution in [2.75, 3.05) is 13.1 Å². The standard InChI is InChI=1S/C20H23N5O/c1-23-12-9-16(14-23)7-8-20(26)24-10-4-5-17(15-24)13-19-22-21-18-6-2-3-11-25(18)19/h2-3,6-9,11-12,14,17H,4-5,10,13,15H2,1H3/b8-7+. The maximum atomic E-state index is 12.5. The van der Waals surface area contributed by atoms with E-state index in [0.717, 1.165) is 49.4 Å². The van der Waals surface area contributed by atoms with Gasteiger partial charge in [0.15, 0.2) is 5.65 Å². The maximum Gasteiger partial charge on any atom is 0.246 e. The molecular weight excluding hydrogens is 326 g/mol. The molecule has 0 bridgehead atoms. The number of aryl methyl sites for hydroxylation is 1. The van der Waals surface area contributed by atoms with Crippen LogP contribution in [0.4, 0.5) is 0 Å². The van der Waals surface area contributed by atoms with Crippen molar-refractivity contribution in [3.63, 3.8) is 0 Å². The molecule has 1 aliphatic heterocycles. The number of fused-ring (bicyclic) bond motifs is 1. The molecule has 3 aromatic rings. The van der Waals surface area contributed by atoms with Crippen molar-refractivity contribution in [1.82, 2.24) is 24.1 Å². The van der Waals surface area contributed by atoms with Crippen LogP contribution in [-0.4, -0.2) is 43.1 Å². The molecule has 0 radical (unpaired) electrons. The highest BCUT2D eigenvalue weighted by atomic mass is 16.2. The Morgan fingerprint density at radius 3 is 3.04 bits per heavy atom. The minimum atomic E-state index is 0.0876. The predicted molar refractivity (Wildman–Crippen MR) is 100 cm³/mol. The fraction of sp³-hybridized carbons (Fsp3) is 0.350. The van der Waals surface area contributed by atoms with Gasteiger partial charge in [-0.2, -0.15) is 0 Å². The highest BCUT2D eigenvalue weighted by Crippen LogP contribution is 2.21. The molecule has 0 spiro atoms. The first kappa shape index (κ1) is 16.6. The number of carbonyl (C=O) groups excluding carboxylic acids is 1. The number of rotatable bonds is 4. The lowest BCUT2D eigenvalue weighted by Crippen LogP contribution is -2.39. The Morgan fingerprint density at radius 1 is 1.27 bits per heavy atom. The van der Waals surface area contributed by atoms with Gasteiger partial charge in [0.25, 0.3) is 0 Å². The summed E-state index contributed by atoms with van der Waals surface area (Å²) in [5.41, 5.74) is 1.92. The molecule has 0 aliphatic carbocycles. The van der Waals surface area contributed by atoms with Crippen LogP contribution in [0.5, 0.6) is 0 Å². The third-order valence-corrected chi connectivity index (χ3v) is 4.96. The molecule has 1 fully saturated rings. The number of piperidine rings is 1. The van der Waals surface area contributed by atoms with E-state index in [4.69, 9.17) is 0 Å². The molecule has 1 unspecified atom stereocenters. The Labute approximate surface area is 152 Å². The van der Waals surface area contributed by atoms with E-state index in [0.29, 0.717) is 5.92 Å². The Hall–Kier alpha value is -2.89. The van der Waals surface area contributed by atoms with Crippen molar-refractivity contribution in [1.29, 1.82) is 0 Å². The molecule has 1 atom stereocenters. The van der Waals surface area contributed by atoms with Crippen molar-refractivity contribution < 1.29 is 4.79 Å². The first-order valence-corrected chi connectivity index (χ1v) is 9.06. The summed E-state index contributed by atoms with van der Waals surface area (Å²) in [6, 6.07) is 7.92. The van der Waals surface area contributed by atoms with E-state index in [1.54, 1.807) is 6.08 Å². The second-order valence-electron chi connectivity index (χ2n) is 6.99. The topological polar surface area (TPSA) is 55.4 Å². The highest BCUT2D eigenvalue weighted by molar-refractivity contribution is 5.91. The molecule has 0 aromatic carbocycles. The van der Waals surface area contributed by atoms with Crippen LogP contribution in [0.25, 0.3) is 11.7 Å². The number of aromatic nitrogens is 4. The van der Waals surface area contributed by atoms with Crippen LogP contribution in [0, 0.1) is 5.92 Å².